The minimum atomic E-state index is -1.13. The number of carbonyl (C=O) groups is 2. The topological polar surface area (TPSA) is 75.6 Å². The molecule has 0 fully saturated rings. The second-order valence-corrected chi connectivity index (χ2v) is 3.87. The van der Waals surface area contributed by atoms with E-state index >= 15 is 0 Å². The molecule has 0 heterocycles. The van der Waals surface area contributed by atoms with E-state index in [1.165, 1.54) is 26.2 Å². The Labute approximate surface area is 101 Å². The van der Waals surface area contributed by atoms with Gasteiger partial charge < -0.3 is 15.2 Å². The van der Waals surface area contributed by atoms with Crippen LogP contribution in [0.4, 0.5) is 5.69 Å². The van der Waals surface area contributed by atoms with Gasteiger partial charge in [0.1, 0.15) is 5.75 Å². The van der Waals surface area contributed by atoms with Gasteiger partial charge in [-0.2, -0.15) is 0 Å². The van der Waals surface area contributed by atoms with E-state index in [1.54, 1.807) is 0 Å². The molecule has 0 radical (unpaired) electrons. The average Bonchev–Trinajstić information content (AvgIpc) is 2.14. The average molecular weight is 288 g/mol. The van der Waals surface area contributed by atoms with Crippen LogP contribution in [-0.4, -0.2) is 24.1 Å². The number of carbonyl (C=O) groups excluding carboxylic acids is 1. The maximum Gasteiger partial charge on any atom is 0.338 e. The van der Waals surface area contributed by atoms with Crippen molar-refractivity contribution >= 4 is 33.5 Å². The fraction of sp³-hybridized carbons (Fsp3) is 0.200. The molecule has 0 aliphatic heterocycles. The van der Waals surface area contributed by atoms with E-state index in [9.17, 15) is 9.59 Å². The molecule has 0 aliphatic carbocycles. The Bertz CT molecular complexity index is 445. The summed E-state index contributed by atoms with van der Waals surface area (Å²) in [6.07, 6.45) is 0. The van der Waals surface area contributed by atoms with Crippen molar-refractivity contribution < 1.29 is 19.4 Å². The summed E-state index contributed by atoms with van der Waals surface area (Å²) in [4.78, 5) is 21.9. The summed E-state index contributed by atoms with van der Waals surface area (Å²) in [5.41, 5.74) is 0.197. The lowest BCUT2D eigenvalue weighted by atomic mass is 10.1. The van der Waals surface area contributed by atoms with Gasteiger partial charge in [-0.15, -0.1) is 0 Å². The first kappa shape index (κ1) is 12.5. The van der Waals surface area contributed by atoms with Gasteiger partial charge in [-0.05, 0) is 22.0 Å². The van der Waals surface area contributed by atoms with Gasteiger partial charge in [0.25, 0.3) is 0 Å². The van der Waals surface area contributed by atoms with Gasteiger partial charge in [0.05, 0.1) is 18.4 Å². The maximum atomic E-state index is 11.0. The molecule has 0 aliphatic rings. The standard InChI is InChI=1S/C10H10BrNO4/c1-5(13)12-8-4-6(16-2)3-7(11)9(8)10(14)15/h3-4H,1-2H3,(H,12,13)(H,14,15). The number of nitrogens with one attached hydrogen (secondary N) is 1. The van der Waals surface area contributed by atoms with Crippen LogP contribution in [0.3, 0.4) is 0 Å². The molecule has 86 valence electrons. The van der Waals surface area contributed by atoms with Crippen molar-refractivity contribution in [2.24, 2.45) is 0 Å². The maximum absolute atomic E-state index is 11.0. The Morgan fingerprint density at radius 1 is 1.44 bits per heavy atom. The zero-order valence-electron chi connectivity index (χ0n) is 8.70. The third-order valence-electron chi connectivity index (χ3n) is 1.82. The Morgan fingerprint density at radius 3 is 2.50 bits per heavy atom. The van der Waals surface area contributed by atoms with Crippen LogP contribution in [0.2, 0.25) is 0 Å². The molecule has 0 bridgehead atoms. The number of amides is 1. The van der Waals surface area contributed by atoms with Crippen molar-refractivity contribution in [3.8, 4) is 5.75 Å². The predicted octanol–water partition coefficient (Wildman–Crippen LogP) is 2.11. The highest BCUT2D eigenvalue weighted by molar-refractivity contribution is 9.10. The van der Waals surface area contributed by atoms with E-state index in [1.807, 2.05) is 0 Å². The van der Waals surface area contributed by atoms with Gasteiger partial charge in [-0.25, -0.2) is 4.79 Å². The quantitative estimate of drug-likeness (QED) is 0.893. The van der Waals surface area contributed by atoms with Crippen LogP contribution in [0.5, 0.6) is 5.75 Å². The van der Waals surface area contributed by atoms with Crippen LogP contribution < -0.4 is 10.1 Å². The third kappa shape index (κ3) is 2.73. The lowest BCUT2D eigenvalue weighted by Gasteiger charge is -2.10. The largest absolute Gasteiger partial charge is 0.497 e. The van der Waals surface area contributed by atoms with Gasteiger partial charge >= 0.3 is 5.97 Å². The highest BCUT2D eigenvalue weighted by Gasteiger charge is 2.16. The summed E-state index contributed by atoms with van der Waals surface area (Å²) in [5.74, 6) is -1.01. The number of hydrogen-bond donors (Lipinski definition) is 2. The van der Waals surface area contributed by atoms with Crippen molar-refractivity contribution in [2.75, 3.05) is 12.4 Å². The highest BCUT2D eigenvalue weighted by Crippen LogP contribution is 2.30. The Kier molecular flexibility index (Phi) is 3.89. The van der Waals surface area contributed by atoms with Crippen molar-refractivity contribution in [3.05, 3.63) is 22.2 Å². The number of carboxylic acids is 1. The van der Waals surface area contributed by atoms with E-state index in [-0.39, 0.29) is 17.2 Å². The first-order valence-corrected chi connectivity index (χ1v) is 5.13. The second kappa shape index (κ2) is 4.98. The van der Waals surface area contributed by atoms with Crippen molar-refractivity contribution in [3.63, 3.8) is 0 Å². The van der Waals surface area contributed by atoms with Gasteiger partial charge in [-0.1, -0.05) is 0 Å². The molecular formula is C10H10BrNO4. The zero-order valence-corrected chi connectivity index (χ0v) is 10.3. The molecule has 0 atom stereocenters. The molecule has 0 unspecified atom stereocenters. The lowest BCUT2D eigenvalue weighted by molar-refractivity contribution is -0.114. The number of rotatable bonds is 3. The van der Waals surface area contributed by atoms with E-state index in [2.05, 4.69) is 21.2 Å². The van der Waals surface area contributed by atoms with Gasteiger partial charge in [-0.3, -0.25) is 4.79 Å². The molecule has 2 N–H and O–H groups in total. The fourth-order valence-electron chi connectivity index (χ4n) is 1.21. The van der Waals surface area contributed by atoms with Crippen molar-refractivity contribution in [1.82, 2.24) is 0 Å². The Morgan fingerprint density at radius 2 is 2.06 bits per heavy atom. The molecule has 1 aromatic rings. The van der Waals surface area contributed by atoms with Crippen LogP contribution >= 0.6 is 15.9 Å². The van der Waals surface area contributed by atoms with Gasteiger partial charge in [0.15, 0.2) is 0 Å². The monoisotopic (exact) mass is 287 g/mol. The predicted molar refractivity (Wildman–Crippen MR) is 62.0 cm³/mol. The smallest absolute Gasteiger partial charge is 0.338 e. The van der Waals surface area contributed by atoms with Crippen LogP contribution in [-0.2, 0) is 4.79 Å². The van der Waals surface area contributed by atoms with Gasteiger partial charge in [0, 0.05) is 17.5 Å². The highest BCUT2D eigenvalue weighted by atomic mass is 79.9. The molecule has 0 spiro atoms. The van der Waals surface area contributed by atoms with Crippen LogP contribution in [0.1, 0.15) is 17.3 Å². The molecule has 0 saturated carbocycles. The molecule has 6 heteroatoms. The number of carboxylic acid groups (broad SMARTS) is 1. The van der Waals surface area contributed by atoms with E-state index in [0.29, 0.717) is 10.2 Å². The molecule has 16 heavy (non-hydrogen) atoms. The fourth-order valence-corrected chi connectivity index (χ4v) is 1.81. The second-order valence-electron chi connectivity index (χ2n) is 3.02. The molecule has 1 aromatic carbocycles. The minimum absolute atomic E-state index is 0.00370. The number of hydrogen-bond acceptors (Lipinski definition) is 3. The first-order valence-electron chi connectivity index (χ1n) is 4.34. The minimum Gasteiger partial charge on any atom is -0.497 e. The van der Waals surface area contributed by atoms with Crippen LogP contribution in [0.25, 0.3) is 0 Å². The number of aromatic carboxylic acids is 1. The lowest BCUT2D eigenvalue weighted by Crippen LogP contribution is -2.11. The number of anilines is 1. The SMILES string of the molecule is COc1cc(Br)c(C(=O)O)c(NC(C)=O)c1. The third-order valence-corrected chi connectivity index (χ3v) is 2.45. The number of halogens is 1. The van der Waals surface area contributed by atoms with Crippen molar-refractivity contribution in [1.29, 1.82) is 0 Å². The van der Waals surface area contributed by atoms with Crippen LogP contribution in [0.15, 0.2) is 16.6 Å². The van der Waals surface area contributed by atoms with E-state index < -0.39 is 5.97 Å². The normalized spacial score (nSPS) is 9.69. The Hall–Kier alpha value is -1.56. The zero-order chi connectivity index (χ0) is 12.3. The van der Waals surface area contributed by atoms with Crippen LogP contribution in [0, 0.1) is 0 Å². The summed E-state index contributed by atoms with van der Waals surface area (Å²) in [5, 5.41) is 11.4. The number of methoxy groups -OCH3 is 1. The van der Waals surface area contributed by atoms with Crippen molar-refractivity contribution in [2.45, 2.75) is 6.92 Å². The summed E-state index contributed by atoms with van der Waals surface area (Å²) in [6, 6.07) is 2.98. The summed E-state index contributed by atoms with van der Waals surface area (Å²) in [6.45, 7) is 1.30. The summed E-state index contributed by atoms with van der Waals surface area (Å²) >= 11 is 3.12. The van der Waals surface area contributed by atoms with Gasteiger partial charge in [0.2, 0.25) is 5.91 Å². The molecule has 0 aromatic heterocycles. The number of ether oxygens (including phenoxy) is 1. The Balaban J connectivity index is 3.34. The summed E-state index contributed by atoms with van der Waals surface area (Å²) in [7, 11) is 1.46. The van der Waals surface area contributed by atoms with E-state index in [4.69, 9.17) is 9.84 Å². The number of benzene rings is 1. The molecule has 0 saturated heterocycles. The molecule has 5 nitrogen and oxygen atoms in total. The molecular weight excluding hydrogens is 278 g/mol. The summed E-state index contributed by atoms with van der Waals surface area (Å²) < 4.78 is 5.33. The first-order chi connectivity index (χ1) is 7.45. The molecule has 1 rings (SSSR count). The molecule has 1 amide bonds. The van der Waals surface area contributed by atoms with E-state index in [0.717, 1.165) is 0 Å².